The number of aromatic nitrogens is 1. The van der Waals surface area contributed by atoms with Crippen LogP contribution >= 0.6 is 0 Å². The Bertz CT molecular complexity index is 1390. The Hall–Kier alpha value is -3.15. The highest BCUT2D eigenvalue weighted by molar-refractivity contribution is 7.90. The zero-order valence-electron chi connectivity index (χ0n) is 21.0. The van der Waals surface area contributed by atoms with Crippen molar-refractivity contribution in [2.24, 2.45) is 0 Å². The highest BCUT2D eigenvalue weighted by atomic mass is 32.2. The molecule has 3 aromatic rings. The lowest BCUT2D eigenvalue weighted by Gasteiger charge is -2.23. The minimum Gasteiger partial charge on any atom is -0.353 e. The summed E-state index contributed by atoms with van der Waals surface area (Å²) >= 11 is 0. The summed E-state index contributed by atoms with van der Waals surface area (Å²) in [6, 6.07) is 10.9. The third-order valence-electron chi connectivity index (χ3n) is 6.38. The van der Waals surface area contributed by atoms with Crippen LogP contribution in [0, 0.1) is 6.92 Å². The maximum absolute atomic E-state index is 13.9. The number of ether oxygens (including phenoxy) is 2. The van der Waals surface area contributed by atoms with Crippen LogP contribution in [0.3, 0.4) is 0 Å². The number of hydrogen-bond donors (Lipinski definition) is 1. The van der Waals surface area contributed by atoms with Gasteiger partial charge >= 0.3 is 6.18 Å². The SMILES string of the molecule is Cc1c(C(=O)Nc2ccc(S(C)(=O)=O)cc2)cn(CCOC2CCCCO2)c1-c1ccccc1C(F)(F)F. The molecule has 1 amide bonds. The second kappa shape index (κ2) is 11.3. The summed E-state index contributed by atoms with van der Waals surface area (Å²) in [7, 11) is -3.40. The van der Waals surface area contributed by atoms with Gasteiger partial charge in [0.1, 0.15) is 0 Å². The first-order valence-corrected chi connectivity index (χ1v) is 14.1. The number of amides is 1. The van der Waals surface area contributed by atoms with E-state index in [1.807, 2.05) is 0 Å². The van der Waals surface area contributed by atoms with E-state index in [4.69, 9.17) is 9.47 Å². The van der Waals surface area contributed by atoms with Crippen LogP contribution in [-0.2, 0) is 32.0 Å². The van der Waals surface area contributed by atoms with Crippen molar-refractivity contribution < 1.29 is 35.9 Å². The Balaban J connectivity index is 1.66. The molecule has 0 aliphatic carbocycles. The monoisotopic (exact) mass is 550 g/mol. The highest BCUT2D eigenvalue weighted by Gasteiger charge is 2.35. The van der Waals surface area contributed by atoms with E-state index in [2.05, 4.69) is 5.32 Å². The minimum absolute atomic E-state index is 0.0389. The van der Waals surface area contributed by atoms with Gasteiger partial charge in [-0.15, -0.1) is 0 Å². The lowest BCUT2D eigenvalue weighted by molar-refractivity contribution is -0.163. The van der Waals surface area contributed by atoms with Crippen LogP contribution in [-0.4, -0.2) is 44.7 Å². The lowest BCUT2D eigenvalue weighted by Crippen LogP contribution is -2.24. The molecule has 0 radical (unpaired) electrons. The van der Waals surface area contributed by atoms with Crippen molar-refractivity contribution in [2.75, 3.05) is 24.8 Å². The van der Waals surface area contributed by atoms with Gasteiger partial charge in [0, 0.05) is 36.9 Å². The van der Waals surface area contributed by atoms with Crippen molar-refractivity contribution in [2.45, 2.75) is 50.1 Å². The molecule has 1 fully saturated rings. The number of carbonyl (C=O) groups excluding carboxylic acids is 1. The molecule has 0 bridgehead atoms. The third kappa shape index (κ3) is 6.46. The molecular weight excluding hydrogens is 521 g/mol. The first kappa shape index (κ1) is 27.9. The number of nitrogens with zero attached hydrogens (tertiary/aromatic N) is 1. The molecule has 1 atom stereocenters. The number of nitrogens with one attached hydrogen (secondary N) is 1. The lowest BCUT2D eigenvalue weighted by atomic mass is 10.00. The van der Waals surface area contributed by atoms with Gasteiger partial charge < -0.3 is 19.4 Å². The van der Waals surface area contributed by atoms with Crippen LogP contribution < -0.4 is 5.32 Å². The number of anilines is 1. The number of sulfone groups is 1. The second-order valence-corrected chi connectivity index (χ2v) is 11.2. The van der Waals surface area contributed by atoms with Crippen LogP contribution in [0.2, 0.25) is 0 Å². The Morgan fingerprint density at radius 1 is 1.13 bits per heavy atom. The van der Waals surface area contributed by atoms with Crippen LogP contribution in [0.1, 0.15) is 40.7 Å². The van der Waals surface area contributed by atoms with Crippen molar-refractivity contribution in [1.82, 2.24) is 4.57 Å². The van der Waals surface area contributed by atoms with Gasteiger partial charge in [-0.05, 0) is 62.1 Å². The van der Waals surface area contributed by atoms with Crippen molar-refractivity contribution in [3.05, 3.63) is 71.4 Å². The van der Waals surface area contributed by atoms with Gasteiger partial charge in [0.15, 0.2) is 16.1 Å². The van der Waals surface area contributed by atoms with Crippen molar-refractivity contribution in [3.63, 3.8) is 0 Å². The number of carbonyl (C=O) groups is 1. The molecule has 2 heterocycles. The number of benzene rings is 2. The van der Waals surface area contributed by atoms with Gasteiger partial charge in [-0.2, -0.15) is 13.2 Å². The van der Waals surface area contributed by atoms with E-state index in [0.29, 0.717) is 17.9 Å². The van der Waals surface area contributed by atoms with Crippen LogP contribution in [0.4, 0.5) is 18.9 Å². The average molecular weight is 551 g/mol. The smallest absolute Gasteiger partial charge is 0.353 e. The molecule has 1 N–H and O–H groups in total. The van der Waals surface area contributed by atoms with E-state index >= 15 is 0 Å². The van der Waals surface area contributed by atoms with Crippen LogP contribution in [0.5, 0.6) is 0 Å². The quantitative estimate of drug-likeness (QED) is 0.390. The van der Waals surface area contributed by atoms with Gasteiger partial charge in [-0.1, -0.05) is 18.2 Å². The van der Waals surface area contributed by atoms with Gasteiger partial charge in [0.25, 0.3) is 5.91 Å². The standard InChI is InChI=1S/C27H29F3N2O5S/c1-18-22(26(33)31-19-10-12-20(13-11-19)38(2,34)35)17-32(14-16-37-24-9-5-6-15-36-24)25(18)21-7-3-4-8-23(21)27(28,29)30/h3-4,7-8,10-13,17,24H,5-6,9,14-16H2,1-2H3,(H,31,33). The molecular formula is C27H29F3N2O5S. The Morgan fingerprint density at radius 2 is 1.84 bits per heavy atom. The Labute approximate surface area is 219 Å². The van der Waals surface area contributed by atoms with Gasteiger partial charge in [-0.25, -0.2) is 8.42 Å². The fourth-order valence-electron chi connectivity index (χ4n) is 4.47. The molecule has 2 aromatic carbocycles. The summed E-state index contributed by atoms with van der Waals surface area (Å²) in [5, 5.41) is 2.70. The van der Waals surface area contributed by atoms with Gasteiger partial charge in [-0.3, -0.25) is 4.79 Å². The molecule has 1 unspecified atom stereocenters. The predicted molar refractivity (Wildman–Crippen MR) is 137 cm³/mol. The average Bonchev–Trinajstić information content (AvgIpc) is 3.20. The zero-order chi connectivity index (χ0) is 27.5. The molecule has 1 aromatic heterocycles. The summed E-state index contributed by atoms with van der Waals surface area (Å²) in [6.45, 7) is 2.60. The first-order valence-electron chi connectivity index (χ1n) is 12.2. The number of rotatable bonds is 8. The van der Waals surface area contributed by atoms with E-state index in [0.717, 1.165) is 31.6 Å². The summed E-state index contributed by atoms with van der Waals surface area (Å²) < 4.78 is 78.1. The fourth-order valence-corrected chi connectivity index (χ4v) is 5.10. The Kier molecular flexibility index (Phi) is 8.29. The topological polar surface area (TPSA) is 86.6 Å². The summed E-state index contributed by atoms with van der Waals surface area (Å²) in [5.74, 6) is -0.532. The molecule has 0 spiro atoms. The van der Waals surface area contributed by atoms with Crippen molar-refractivity contribution in [3.8, 4) is 11.3 Å². The maximum Gasteiger partial charge on any atom is 0.417 e. The third-order valence-corrected chi connectivity index (χ3v) is 7.51. The first-order chi connectivity index (χ1) is 17.9. The molecule has 1 saturated heterocycles. The minimum atomic E-state index is -4.59. The maximum atomic E-state index is 13.9. The molecule has 1 aliphatic rings. The fraction of sp³-hybridized carbons (Fsp3) is 0.370. The van der Waals surface area contributed by atoms with Crippen molar-refractivity contribution >= 4 is 21.4 Å². The predicted octanol–water partition coefficient (Wildman–Crippen LogP) is 5.68. The molecule has 38 heavy (non-hydrogen) atoms. The summed E-state index contributed by atoms with van der Waals surface area (Å²) in [6.07, 6.45) is 0.343. The zero-order valence-corrected chi connectivity index (χ0v) is 21.9. The normalized spacial score (nSPS) is 16.4. The molecule has 7 nitrogen and oxygen atoms in total. The van der Waals surface area contributed by atoms with Crippen LogP contribution in [0.25, 0.3) is 11.3 Å². The molecule has 204 valence electrons. The molecule has 4 rings (SSSR count). The molecule has 1 aliphatic heterocycles. The van der Waals surface area contributed by atoms with Crippen LogP contribution in [0.15, 0.2) is 59.6 Å². The molecule has 0 saturated carbocycles. The van der Waals surface area contributed by atoms with E-state index in [9.17, 15) is 26.4 Å². The van der Waals surface area contributed by atoms with E-state index in [-0.39, 0.29) is 41.2 Å². The van der Waals surface area contributed by atoms with E-state index < -0.39 is 27.5 Å². The highest BCUT2D eigenvalue weighted by Crippen LogP contribution is 2.39. The van der Waals surface area contributed by atoms with Gasteiger partial charge in [0.05, 0.1) is 28.3 Å². The number of hydrogen-bond acceptors (Lipinski definition) is 5. The second-order valence-electron chi connectivity index (χ2n) is 9.17. The summed E-state index contributed by atoms with van der Waals surface area (Å²) in [4.78, 5) is 13.3. The van der Waals surface area contributed by atoms with Crippen molar-refractivity contribution in [1.29, 1.82) is 0 Å². The number of halogens is 3. The Morgan fingerprint density at radius 3 is 2.47 bits per heavy atom. The summed E-state index contributed by atoms with van der Waals surface area (Å²) in [5.41, 5.74) is 0.345. The number of alkyl halides is 3. The largest absolute Gasteiger partial charge is 0.417 e. The van der Waals surface area contributed by atoms with E-state index in [1.165, 1.54) is 48.7 Å². The van der Waals surface area contributed by atoms with E-state index in [1.54, 1.807) is 11.5 Å². The van der Waals surface area contributed by atoms with Gasteiger partial charge in [0.2, 0.25) is 0 Å². The molecule has 11 heteroatoms.